The van der Waals surface area contributed by atoms with E-state index in [-0.39, 0.29) is 23.7 Å². The molecule has 2 aliphatic heterocycles. The summed E-state index contributed by atoms with van der Waals surface area (Å²) in [6, 6.07) is 13.9. The fourth-order valence-corrected chi connectivity index (χ4v) is 3.39. The first kappa shape index (κ1) is 15.6. The number of nitrogens with zero attached hydrogens (tertiary/aromatic N) is 3. The topological polar surface area (TPSA) is 45.1 Å². The van der Waals surface area contributed by atoms with Crippen LogP contribution in [0.2, 0.25) is 0 Å². The maximum atomic E-state index is 13.7. The summed E-state index contributed by atoms with van der Waals surface area (Å²) in [5, 5.41) is 6.32. The van der Waals surface area contributed by atoms with Crippen molar-refractivity contribution in [3.63, 3.8) is 0 Å². The molecule has 0 bridgehead atoms. The summed E-state index contributed by atoms with van der Waals surface area (Å²) in [5.41, 5.74) is 1.99. The molecule has 2 aromatic carbocycles. The molecule has 1 unspecified atom stereocenters. The molecule has 0 aromatic heterocycles. The molecule has 4 rings (SSSR count). The number of rotatable bonds is 2. The smallest absolute Gasteiger partial charge is 0.270 e. The monoisotopic (exact) mass is 339 g/mol. The molecule has 2 aliphatic rings. The number of carbonyl (C=O) groups excluding carboxylic acids is 1. The largest absolute Gasteiger partial charge is 0.489 e. The quantitative estimate of drug-likeness (QED) is 0.845. The number of amides is 1. The molecular formula is C19H18FN3O2. The Morgan fingerprint density at radius 2 is 2.00 bits per heavy atom. The van der Waals surface area contributed by atoms with Crippen LogP contribution in [0.5, 0.6) is 5.75 Å². The first-order valence-electron chi connectivity index (χ1n) is 8.13. The van der Waals surface area contributed by atoms with Gasteiger partial charge < -0.3 is 9.64 Å². The summed E-state index contributed by atoms with van der Waals surface area (Å²) >= 11 is 0. The van der Waals surface area contributed by atoms with Gasteiger partial charge in [-0.1, -0.05) is 30.3 Å². The molecule has 0 radical (unpaired) electrons. The first-order chi connectivity index (χ1) is 12.1. The summed E-state index contributed by atoms with van der Waals surface area (Å²) in [6.45, 7) is 0.381. The van der Waals surface area contributed by atoms with Crippen molar-refractivity contribution >= 4 is 17.3 Å². The Kier molecular flexibility index (Phi) is 3.67. The minimum atomic E-state index is -0.359. The molecule has 0 spiro atoms. The van der Waals surface area contributed by atoms with Gasteiger partial charge in [0, 0.05) is 20.2 Å². The zero-order valence-electron chi connectivity index (χ0n) is 14.0. The molecule has 1 amide bonds. The third-order valence-electron chi connectivity index (χ3n) is 4.57. The molecule has 0 saturated carbocycles. The molecule has 128 valence electrons. The number of ether oxygens (including phenoxy) is 1. The van der Waals surface area contributed by atoms with E-state index in [1.54, 1.807) is 25.2 Å². The number of fused-ring (bicyclic) bond motifs is 3. The van der Waals surface area contributed by atoms with E-state index in [1.807, 2.05) is 30.3 Å². The molecule has 2 aromatic rings. The summed E-state index contributed by atoms with van der Waals surface area (Å²) in [6.07, 6.45) is 0. The van der Waals surface area contributed by atoms with Crippen molar-refractivity contribution in [2.24, 2.45) is 5.10 Å². The Labute approximate surface area is 145 Å². The summed E-state index contributed by atoms with van der Waals surface area (Å²) in [5.74, 6) is -0.165. The normalized spacial score (nSPS) is 21.1. The van der Waals surface area contributed by atoms with E-state index in [9.17, 15) is 9.18 Å². The fourth-order valence-electron chi connectivity index (χ4n) is 3.39. The van der Waals surface area contributed by atoms with Gasteiger partial charge in [0.15, 0.2) is 0 Å². The van der Waals surface area contributed by atoms with E-state index in [4.69, 9.17) is 4.74 Å². The molecule has 0 saturated heterocycles. The van der Waals surface area contributed by atoms with Crippen LogP contribution in [0.4, 0.5) is 10.1 Å². The van der Waals surface area contributed by atoms with Gasteiger partial charge in [-0.2, -0.15) is 5.10 Å². The van der Waals surface area contributed by atoms with Crippen LogP contribution in [0.25, 0.3) is 0 Å². The second-order valence-electron chi connectivity index (χ2n) is 6.41. The lowest BCUT2D eigenvalue weighted by atomic mass is 9.87. The third kappa shape index (κ3) is 2.54. The van der Waals surface area contributed by atoms with Crippen LogP contribution in [-0.2, 0) is 4.79 Å². The predicted molar refractivity (Wildman–Crippen MR) is 93.5 cm³/mol. The minimum absolute atomic E-state index is 0.152. The summed E-state index contributed by atoms with van der Waals surface area (Å²) < 4.78 is 19.6. The van der Waals surface area contributed by atoms with Crippen LogP contribution in [0.3, 0.4) is 0 Å². The maximum Gasteiger partial charge on any atom is 0.270 e. The van der Waals surface area contributed by atoms with Crippen LogP contribution in [0.1, 0.15) is 11.5 Å². The Morgan fingerprint density at radius 3 is 2.72 bits per heavy atom. The van der Waals surface area contributed by atoms with Crippen molar-refractivity contribution in [3.8, 4) is 5.75 Å². The van der Waals surface area contributed by atoms with E-state index in [0.717, 1.165) is 5.56 Å². The molecule has 0 aliphatic carbocycles. The van der Waals surface area contributed by atoms with E-state index >= 15 is 0 Å². The standard InChI is InChI=1S/C19H18FN3O2/c1-22(2)19(24)18-17(12-6-4-3-5-7-12)15-11-25-16-9-8-13(20)10-14(16)23(15)21-18/h3-10,15,17H,11H2,1-2H3/t15?,17-/m0/s1. The highest BCUT2D eigenvalue weighted by Crippen LogP contribution is 2.43. The van der Waals surface area contributed by atoms with Gasteiger partial charge in [0.2, 0.25) is 0 Å². The number of benzene rings is 2. The highest BCUT2D eigenvalue weighted by Gasteiger charge is 2.45. The molecule has 2 heterocycles. The van der Waals surface area contributed by atoms with Gasteiger partial charge in [-0.3, -0.25) is 9.80 Å². The number of carbonyl (C=O) groups is 1. The van der Waals surface area contributed by atoms with Crippen LogP contribution in [0.15, 0.2) is 53.6 Å². The number of hydrazone groups is 1. The Hall–Kier alpha value is -2.89. The predicted octanol–water partition coefficient (Wildman–Crippen LogP) is 2.63. The molecule has 2 atom stereocenters. The zero-order chi connectivity index (χ0) is 17.6. The lowest BCUT2D eigenvalue weighted by Gasteiger charge is -2.33. The van der Waals surface area contributed by atoms with Crippen molar-refractivity contribution in [1.29, 1.82) is 0 Å². The first-order valence-corrected chi connectivity index (χ1v) is 8.13. The summed E-state index contributed by atoms with van der Waals surface area (Å²) in [7, 11) is 3.41. The number of hydrogen-bond acceptors (Lipinski definition) is 4. The summed E-state index contributed by atoms with van der Waals surface area (Å²) in [4.78, 5) is 14.2. The van der Waals surface area contributed by atoms with Crippen molar-refractivity contribution in [2.75, 3.05) is 25.7 Å². The Morgan fingerprint density at radius 1 is 1.24 bits per heavy atom. The van der Waals surface area contributed by atoms with Crippen LogP contribution in [-0.4, -0.2) is 43.3 Å². The van der Waals surface area contributed by atoms with E-state index < -0.39 is 0 Å². The van der Waals surface area contributed by atoms with Gasteiger partial charge in [0.05, 0.1) is 12.0 Å². The zero-order valence-corrected chi connectivity index (χ0v) is 14.0. The molecule has 25 heavy (non-hydrogen) atoms. The van der Waals surface area contributed by atoms with Gasteiger partial charge in [0.1, 0.15) is 29.6 Å². The fraction of sp³-hybridized carbons (Fsp3) is 0.263. The highest BCUT2D eigenvalue weighted by molar-refractivity contribution is 6.41. The average Bonchev–Trinajstić information content (AvgIpc) is 3.01. The Bertz CT molecular complexity index is 851. The van der Waals surface area contributed by atoms with Gasteiger partial charge in [-0.05, 0) is 17.7 Å². The van der Waals surface area contributed by atoms with Crippen molar-refractivity contribution in [1.82, 2.24) is 4.90 Å². The number of halogens is 1. The lowest BCUT2D eigenvalue weighted by Crippen LogP contribution is -2.42. The molecule has 0 N–H and O–H groups in total. The molecular weight excluding hydrogens is 321 g/mol. The van der Waals surface area contributed by atoms with Gasteiger partial charge in [0.25, 0.3) is 5.91 Å². The van der Waals surface area contributed by atoms with E-state index in [0.29, 0.717) is 23.8 Å². The van der Waals surface area contributed by atoms with Crippen LogP contribution >= 0.6 is 0 Å². The van der Waals surface area contributed by atoms with Gasteiger partial charge >= 0.3 is 0 Å². The van der Waals surface area contributed by atoms with Gasteiger partial charge in [-0.25, -0.2) is 4.39 Å². The number of hydrogen-bond donors (Lipinski definition) is 0. The van der Waals surface area contributed by atoms with Gasteiger partial charge in [-0.15, -0.1) is 0 Å². The van der Waals surface area contributed by atoms with Crippen molar-refractivity contribution < 1.29 is 13.9 Å². The van der Waals surface area contributed by atoms with Crippen molar-refractivity contribution in [3.05, 3.63) is 59.9 Å². The van der Waals surface area contributed by atoms with Crippen LogP contribution in [0, 0.1) is 5.82 Å². The lowest BCUT2D eigenvalue weighted by molar-refractivity contribution is -0.121. The highest BCUT2D eigenvalue weighted by atomic mass is 19.1. The van der Waals surface area contributed by atoms with E-state index in [1.165, 1.54) is 17.0 Å². The molecule has 5 nitrogen and oxygen atoms in total. The average molecular weight is 339 g/mol. The third-order valence-corrected chi connectivity index (χ3v) is 4.57. The maximum absolute atomic E-state index is 13.7. The second-order valence-corrected chi connectivity index (χ2v) is 6.41. The second kappa shape index (κ2) is 5.88. The van der Waals surface area contributed by atoms with E-state index in [2.05, 4.69) is 5.10 Å². The minimum Gasteiger partial charge on any atom is -0.489 e. The molecule has 6 heteroatoms. The number of anilines is 1. The SMILES string of the molecule is CN(C)C(=O)C1=NN2c3cc(F)ccc3OCC2[C@@H]1c1ccccc1. The Balaban J connectivity index is 1.83. The molecule has 0 fully saturated rings. The van der Waals surface area contributed by atoms with Crippen LogP contribution < -0.4 is 9.75 Å². The van der Waals surface area contributed by atoms with Crippen molar-refractivity contribution in [2.45, 2.75) is 12.0 Å².